The van der Waals surface area contributed by atoms with Crippen LogP contribution in [0.5, 0.6) is 5.75 Å². The second-order valence-corrected chi connectivity index (χ2v) is 5.39. The molecule has 94 valence electrons. The predicted molar refractivity (Wildman–Crippen MR) is 72.3 cm³/mol. The number of halogens is 1. The lowest BCUT2D eigenvalue weighted by Crippen LogP contribution is -2.34. The number of nitrogens with zero attached hydrogens (tertiary/aromatic N) is 1. The highest BCUT2D eigenvalue weighted by atomic mass is 79.9. The molecule has 0 saturated heterocycles. The van der Waals surface area contributed by atoms with E-state index in [4.69, 9.17) is 4.74 Å². The van der Waals surface area contributed by atoms with E-state index >= 15 is 0 Å². The van der Waals surface area contributed by atoms with Gasteiger partial charge in [0.15, 0.2) is 0 Å². The fourth-order valence-corrected chi connectivity index (χ4v) is 2.55. The minimum absolute atomic E-state index is 0.702. The molecule has 1 N–H and O–H groups in total. The molecule has 4 heteroatoms. The maximum Gasteiger partial charge on any atom is 0.138 e. The summed E-state index contributed by atoms with van der Waals surface area (Å²) < 4.78 is 6.58. The molecule has 17 heavy (non-hydrogen) atoms. The molecule has 1 aliphatic carbocycles. The van der Waals surface area contributed by atoms with Crippen molar-refractivity contribution in [2.45, 2.75) is 38.1 Å². The van der Waals surface area contributed by atoms with Crippen molar-refractivity contribution in [3.8, 4) is 5.75 Å². The molecule has 0 amide bonds. The van der Waals surface area contributed by atoms with Crippen molar-refractivity contribution < 1.29 is 4.74 Å². The van der Waals surface area contributed by atoms with Crippen molar-refractivity contribution in [1.82, 2.24) is 10.3 Å². The number of rotatable bonds is 5. The smallest absolute Gasteiger partial charge is 0.138 e. The number of hydrogen-bond donors (Lipinski definition) is 1. The Balaban J connectivity index is 1.62. The Kier molecular flexibility index (Phi) is 5.26. The van der Waals surface area contributed by atoms with Gasteiger partial charge >= 0.3 is 0 Å². The molecular formula is C13H19BrN2O. The Morgan fingerprint density at radius 2 is 2.12 bits per heavy atom. The lowest BCUT2D eigenvalue weighted by atomic mass is 9.96. The van der Waals surface area contributed by atoms with Crippen molar-refractivity contribution in [2.75, 3.05) is 13.2 Å². The highest BCUT2D eigenvalue weighted by molar-refractivity contribution is 9.10. The zero-order valence-electron chi connectivity index (χ0n) is 9.99. The van der Waals surface area contributed by atoms with E-state index in [1.165, 1.54) is 32.1 Å². The summed E-state index contributed by atoms with van der Waals surface area (Å²) in [7, 11) is 0. The molecular weight excluding hydrogens is 280 g/mol. The largest absolute Gasteiger partial charge is 0.491 e. The molecule has 1 aromatic rings. The van der Waals surface area contributed by atoms with Crippen LogP contribution in [0.2, 0.25) is 0 Å². The Morgan fingerprint density at radius 3 is 2.88 bits per heavy atom. The van der Waals surface area contributed by atoms with Crippen LogP contribution in [0.1, 0.15) is 32.1 Å². The lowest BCUT2D eigenvalue weighted by Gasteiger charge is -2.22. The molecule has 0 radical (unpaired) electrons. The van der Waals surface area contributed by atoms with Gasteiger partial charge in [-0.3, -0.25) is 4.98 Å². The topological polar surface area (TPSA) is 34.1 Å². The van der Waals surface area contributed by atoms with Gasteiger partial charge < -0.3 is 10.1 Å². The highest BCUT2D eigenvalue weighted by Crippen LogP contribution is 2.17. The van der Waals surface area contributed by atoms with Crippen LogP contribution < -0.4 is 10.1 Å². The quantitative estimate of drug-likeness (QED) is 0.848. The van der Waals surface area contributed by atoms with E-state index in [9.17, 15) is 0 Å². The van der Waals surface area contributed by atoms with Crippen LogP contribution in [0.3, 0.4) is 0 Å². The van der Waals surface area contributed by atoms with Crippen LogP contribution in [0.15, 0.2) is 22.9 Å². The molecule has 1 saturated carbocycles. The van der Waals surface area contributed by atoms with Gasteiger partial charge in [0.05, 0.1) is 6.20 Å². The first kappa shape index (κ1) is 12.8. The molecule has 1 heterocycles. The van der Waals surface area contributed by atoms with Gasteiger partial charge in [-0.15, -0.1) is 0 Å². The third-order valence-corrected chi connectivity index (χ3v) is 3.52. The van der Waals surface area contributed by atoms with E-state index in [0.29, 0.717) is 12.6 Å². The van der Waals surface area contributed by atoms with Gasteiger partial charge in [-0.25, -0.2) is 0 Å². The summed E-state index contributed by atoms with van der Waals surface area (Å²) in [6, 6.07) is 2.64. The fourth-order valence-electron chi connectivity index (χ4n) is 2.21. The van der Waals surface area contributed by atoms with Crippen LogP contribution in [0, 0.1) is 0 Å². The van der Waals surface area contributed by atoms with Gasteiger partial charge in [-0.1, -0.05) is 19.3 Å². The Bertz CT molecular complexity index is 340. The van der Waals surface area contributed by atoms with Gasteiger partial charge in [0.2, 0.25) is 0 Å². The average molecular weight is 299 g/mol. The van der Waals surface area contributed by atoms with E-state index < -0.39 is 0 Å². The van der Waals surface area contributed by atoms with Crippen LogP contribution in [0.4, 0.5) is 0 Å². The van der Waals surface area contributed by atoms with E-state index in [1.807, 2.05) is 6.07 Å². The van der Waals surface area contributed by atoms with E-state index in [0.717, 1.165) is 16.8 Å². The van der Waals surface area contributed by atoms with Crippen LogP contribution in [0.25, 0.3) is 0 Å². The summed E-state index contributed by atoms with van der Waals surface area (Å²) in [5, 5.41) is 3.55. The van der Waals surface area contributed by atoms with Gasteiger partial charge in [-0.2, -0.15) is 0 Å². The van der Waals surface area contributed by atoms with Crippen LogP contribution in [-0.4, -0.2) is 24.2 Å². The molecule has 0 unspecified atom stereocenters. The molecule has 0 bridgehead atoms. The molecule has 0 aliphatic heterocycles. The Hall–Kier alpha value is -0.610. The van der Waals surface area contributed by atoms with E-state index in [-0.39, 0.29) is 0 Å². The molecule has 0 atom stereocenters. The normalized spacial score (nSPS) is 17.0. The Labute approximate surface area is 111 Å². The third-order valence-electron chi connectivity index (χ3n) is 3.09. The predicted octanol–water partition coefficient (Wildman–Crippen LogP) is 3.15. The van der Waals surface area contributed by atoms with E-state index in [2.05, 4.69) is 26.2 Å². The number of ether oxygens (including phenoxy) is 1. The SMILES string of the molecule is Brc1cncc(OCCNC2CCCCC2)c1. The van der Waals surface area contributed by atoms with Gasteiger partial charge in [0.1, 0.15) is 12.4 Å². The number of aromatic nitrogens is 1. The monoisotopic (exact) mass is 298 g/mol. The molecule has 0 spiro atoms. The number of hydrogen-bond acceptors (Lipinski definition) is 3. The maximum atomic E-state index is 5.62. The summed E-state index contributed by atoms with van der Waals surface area (Å²) in [6.07, 6.45) is 10.3. The summed E-state index contributed by atoms with van der Waals surface area (Å²) in [4.78, 5) is 4.06. The molecule has 0 aromatic carbocycles. The summed E-state index contributed by atoms with van der Waals surface area (Å²) in [5.74, 6) is 0.824. The van der Waals surface area contributed by atoms with Crippen molar-refractivity contribution in [3.05, 3.63) is 22.9 Å². The molecule has 3 nitrogen and oxygen atoms in total. The first-order chi connectivity index (χ1) is 8.34. The fraction of sp³-hybridized carbons (Fsp3) is 0.615. The minimum Gasteiger partial charge on any atom is -0.491 e. The molecule has 2 rings (SSSR count). The zero-order valence-corrected chi connectivity index (χ0v) is 11.6. The standard InChI is InChI=1S/C13H19BrN2O/c14-11-8-13(10-15-9-11)17-7-6-16-12-4-2-1-3-5-12/h8-10,12,16H,1-7H2. The van der Waals surface area contributed by atoms with Crippen molar-refractivity contribution in [3.63, 3.8) is 0 Å². The second kappa shape index (κ2) is 6.97. The van der Waals surface area contributed by atoms with Crippen LogP contribution in [-0.2, 0) is 0 Å². The molecule has 1 aliphatic rings. The van der Waals surface area contributed by atoms with Crippen molar-refractivity contribution in [2.24, 2.45) is 0 Å². The zero-order chi connectivity index (χ0) is 11.9. The first-order valence-corrected chi connectivity index (χ1v) is 7.10. The average Bonchev–Trinajstić information content (AvgIpc) is 2.36. The van der Waals surface area contributed by atoms with Crippen LogP contribution >= 0.6 is 15.9 Å². The van der Waals surface area contributed by atoms with Crippen molar-refractivity contribution >= 4 is 15.9 Å². The van der Waals surface area contributed by atoms with Gasteiger partial charge in [0, 0.05) is 23.3 Å². The summed E-state index contributed by atoms with van der Waals surface area (Å²) in [6.45, 7) is 1.62. The number of nitrogens with one attached hydrogen (secondary N) is 1. The minimum atomic E-state index is 0.702. The Morgan fingerprint density at radius 1 is 1.29 bits per heavy atom. The third kappa shape index (κ3) is 4.64. The van der Waals surface area contributed by atoms with E-state index in [1.54, 1.807) is 12.4 Å². The second-order valence-electron chi connectivity index (χ2n) is 4.48. The molecule has 1 aromatic heterocycles. The lowest BCUT2D eigenvalue weighted by molar-refractivity contribution is 0.288. The maximum absolute atomic E-state index is 5.62. The summed E-state index contributed by atoms with van der Waals surface area (Å²) in [5.41, 5.74) is 0. The first-order valence-electron chi connectivity index (χ1n) is 6.31. The molecule has 1 fully saturated rings. The highest BCUT2D eigenvalue weighted by Gasteiger charge is 2.11. The van der Waals surface area contributed by atoms with Gasteiger partial charge in [-0.05, 0) is 34.8 Å². The summed E-state index contributed by atoms with van der Waals surface area (Å²) >= 11 is 3.38. The van der Waals surface area contributed by atoms with Crippen molar-refractivity contribution in [1.29, 1.82) is 0 Å². The van der Waals surface area contributed by atoms with Gasteiger partial charge in [0.25, 0.3) is 0 Å². The number of pyridine rings is 1.